The van der Waals surface area contributed by atoms with Crippen LogP contribution < -0.4 is 5.69 Å². The van der Waals surface area contributed by atoms with E-state index in [9.17, 15) is 4.79 Å². The van der Waals surface area contributed by atoms with Gasteiger partial charge >= 0.3 is 5.69 Å². The number of rotatable bonds is 1. The van der Waals surface area contributed by atoms with E-state index < -0.39 is 0 Å². The summed E-state index contributed by atoms with van der Waals surface area (Å²) in [6, 6.07) is 9.09. The number of H-pyrrole nitrogens is 1. The van der Waals surface area contributed by atoms with Crippen LogP contribution in [-0.4, -0.2) is 19.6 Å². The van der Waals surface area contributed by atoms with Crippen LogP contribution in [0.5, 0.6) is 0 Å². The van der Waals surface area contributed by atoms with Gasteiger partial charge < -0.3 is 0 Å². The highest BCUT2D eigenvalue weighted by molar-refractivity contribution is 5.76. The third-order valence-electron chi connectivity index (χ3n) is 2.64. The molecule has 2 aromatic heterocycles. The van der Waals surface area contributed by atoms with Gasteiger partial charge in [0.1, 0.15) is 0 Å². The van der Waals surface area contributed by atoms with Crippen LogP contribution in [0.1, 0.15) is 5.56 Å². The lowest BCUT2D eigenvalue weighted by atomic mass is 10.1. The molecular formula is C12H7N5O. The van der Waals surface area contributed by atoms with Crippen molar-refractivity contribution in [1.29, 1.82) is 5.26 Å². The predicted molar refractivity (Wildman–Crippen MR) is 63.8 cm³/mol. The normalized spacial score (nSPS) is 10.4. The zero-order chi connectivity index (χ0) is 12.5. The summed E-state index contributed by atoms with van der Waals surface area (Å²) >= 11 is 0. The van der Waals surface area contributed by atoms with E-state index in [0.717, 1.165) is 11.1 Å². The van der Waals surface area contributed by atoms with Gasteiger partial charge in [-0.05, 0) is 17.7 Å². The number of hydrogen-bond acceptors (Lipinski definition) is 4. The number of nitriles is 1. The first-order valence-corrected chi connectivity index (χ1v) is 5.21. The summed E-state index contributed by atoms with van der Waals surface area (Å²) in [4.78, 5) is 18.0. The highest BCUT2D eigenvalue weighted by Crippen LogP contribution is 2.22. The van der Waals surface area contributed by atoms with Crippen molar-refractivity contribution in [3.63, 3.8) is 0 Å². The molecule has 0 aliphatic carbocycles. The molecule has 1 aromatic carbocycles. The highest BCUT2D eigenvalue weighted by Gasteiger charge is 2.09. The Hall–Kier alpha value is -2.94. The first-order valence-electron chi connectivity index (χ1n) is 5.21. The molecule has 1 N–H and O–H groups in total. The molecule has 0 spiro atoms. The second kappa shape index (κ2) is 3.82. The van der Waals surface area contributed by atoms with Gasteiger partial charge in [-0.3, -0.25) is 4.98 Å². The van der Waals surface area contributed by atoms with Crippen LogP contribution in [-0.2, 0) is 0 Å². The number of nitrogens with one attached hydrogen (secondary N) is 1. The van der Waals surface area contributed by atoms with Crippen molar-refractivity contribution >= 4 is 5.65 Å². The van der Waals surface area contributed by atoms with Gasteiger partial charge in [0, 0.05) is 5.56 Å². The van der Waals surface area contributed by atoms with Gasteiger partial charge in [0.2, 0.25) is 0 Å². The summed E-state index contributed by atoms with van der Waals surface area (Å²) in [6.45, 7) is 0. The molecule has 6 heteroatoms. The average Bonchev–Trinajstić information content (AvgIpc) is 2.84. The van der Waals surface area contributed by atoms with E-state index in [0.29, 0.717) is 11.2 Å². The van der Waals surface area contributed by atoms with Gasteiger partial charge in [0.15, 0.2) is 5.65 Å². The Morgan fingerprint density at radius 1 is 1.28 bits per heavy atom. The first-order chi connectivity index (χ1) is 8.79. The monoisotopic (exact) mass is 237 g/mol. The van der Waals surface area contributed by atoms with Gasteiger partial charge in [-0.15, -0.1) is 0 Å². The van der Waals surface area contributed by atoms with E-state index in [1.54, 1.807) is 30.5 Å². The van der Waals surface area contributed by atoms with Crippen LogP contribution in [0, 0.1) is 11.3 Å². The lowest BCUT2D eigenvalue weighted by Gasteiger charge is -1.98. The van der Waals surface area contributed by atoms with Crippen molar-refractivity contribution in [3.05, 3.63) is 52.8 Å². The molecule has 0 atom stereocenters. The van der Waals surface area contributed by atoms with Crippen molar-refractivity contribution in [1.82, 2.24) is 19.6 Å². The molecule has 0 fully saturated rings. The fraction of sp³-hybridized carbons (Fsp3) is 0. The average molecular weight is 237 g/mol. The Morgan fingerprint density at radius 2 is 2.06 bits per heavy atom. The standard InChI is InChI=1S/C12H7N5O/c13-5-8-1-3-9(4-2-8)10-6-16-17-11(10)14-7-15-12(17)18/h1-4,6-7H,(H,14,15,18). The second-order valence-corrected chi connectivity index (χ2v) is 3.69. The molecule has 3 aromatic rings. The third-order valence-corrected chi connectivity index (χ3v) is 2.64. The lowest BCUT2D eigenvalue weighted by Crippen LogP contribution is -2.17. The second-order valence-electron chi connectivity index (χ2n) is 3.69. The molecule has 18 heavy (non-hydrogen) atoms. The van der Waals surface area contributed by atoms with Crippen LogP contribution >= 0.6 is 0 Å². The van der Waals surface area contributed by atoms with Crippen molar-refractivity contribution in [3.8, 4) is 17.2 Å². The molecule has 0 aliphatic heterocycles. The van der Waals surface area contributed by atoms with Gasteiger partial charge in [-0.2, -0.15) is 14.9 Å². The van der Waals surface area contributed by atoms with Crippen molar-refractivity contribution in [2.75, 3.05) is 0 Å². The molecule has 0 unspecified atom stereocenters. The van der Waals surface area contributed by atoms with Crippen molar-refractivity contribution in [2.45, 2.75) is 0 Å². The van der Waals surface area contributed by atoms with Gasteiger partial charge in [-0.25, -0.2) is 9.78 Å². The maximum atomic E-state index is 11.5. The SMILES string of the molecule is N#Cc1ccc(-c2cnn3c(=O)[nH]cnc23)cc1. The smallest absolute Gasteiger partial charge is 0.296 e. The van der Waals surface area contributed by atoms with Gasteiger partial charge in [-0.1, -0.05) is 12.1 Å². The quantitative estimate of drug-likeness (QED) is 0.682. The Bertz CT molecular complexity index is 807. The maximum absolute atomic E-state index is 11.5. The molecule has 0 saturated heterocycles. The van der Waals surface area contributed by atoms with E-state index in [1.165, 1.54) is 10.8 Å². The number of benzene rings is 1. The van der Waals surface area contributed by atoms with Crippen LogP contribution in [0.2, 0.25) is 0 Å². The number of aromatic amines is 1. The minimum absolute atomic E-state index is 0.333. The van der Waals surface area contributed by atoms with E-state index in [-0.39, 0.29) is 5.69 Å². The summed E-state index contributed by atoms with van der Waals surface area (Å²) in [7, 11) is 0. The molecule has 6 nitrogen and oxygen atoms in total. The Morgan fingerprint density at radius 3 is 2.78 bits per heavy atom. The van der Waals surface area contributed by atoms with E-state index in [1.807, 2.05) is 0 Å². The first kappa shape index (κ1) is 10.2. The third kappa shape index (κ3) is 1.46. The minimum Gasteiger partial charge on any atom is -0.296 e. The van der Waals surface area contributed by atoms with E-state index >= 15 is 0 Å². The molecule has 0 amide bonds. The summed E-state index contributed by atoms with van der Waals surface area (Å²) < 4.78 is 1.20. The fourth-order valence-electron chi connectivity index (χ4n) is 1.75. The Labute approximate surface area is 101 Å². The number of hydrogen-bond donors (Lipinski definition) is 1. The lowest BCUT2D eigenvalue weighted by molar-refractivity contribution is 0.840. The van der Waals surface area contributed by atoms with Crippen molar-refractivity contribution < 1.29 is 0 Å². The van der Waals surface area contributed by atoms with Gasteiger partial charge in [0.25, 0.3) is 0 Å². The molecule has 2 heterocycles. The van der Waals surface area contributed by atoms with Crippen LogP contribution in [0.25, 0.3) is 16.8 Å². The summed E-state index contributed by atoms with van der Waals surface area (Å²) in [5.74, 6) is 0. The zero-order valence-corrected chi connectivity index (χ0v) is 9.16. The fourth-order valence-corrected chi connectivity index (χ4v) is 1.75. The van der Waals surface area contributed by atoms with Crippen LogP contribution in [0.15, 0.2) is 41.6 Å². The Kier molecular flexibility index (Phi) is 2.17. The predicted octanol–water partition coefficient (Wildman–Crippen LogP) is 0.956. The molecule has 0 saturated carbocycles. The summed E-state index contributed by atoms with van der Waals surface area (Å²) in [5.41, 5.74) is 2.36. The van der Waals surface area contributed by atoms with Crippen molar-refractivity contribution in [2.24, 2.45) is 0 Å². The van der Waals surface area contributed by atoms with Gasteiger partial charge in [0.05, 0.1) is 24.2 Å². The number of fused-ring (bicyclic) bond motifs is 1. The topological polar surface area (TPSA) is 86.8 Å². The number of nitrogens with zero attached hydrogens (tertiary/aromatic N) is 4. The molecule has 0 radical (unpaired) electrons. The maximum Gasteiger partial charge on any atom is 0.349 e. The molecule has 3 rings (SSSR count). The largest absolute Gasteiger partial charge is 0.349 e. The van der Waals surface area contributed by atoms with Crippen LogP contribution in [0.3, 0.4) is 0 Å². The van der Waals surface area contributed by atoms with E-state index in [2.05, 4.69) is 21.1 Å². The highest BCUT2D eigenvalue weighted by atomic mass is 16.1. The molecule has 0 bridgehead atoms. The van der Waals surface area contributed by atoms with E-state index in [4.69, 9.17) is 5.26 Å². The Balaban J connectivity index is 2.23. The molecular weight excluding hydrogens is 230 g/mol. The number of aromatic nitrogens is 4. The minimum atomic E-state index is -0.333. The molecule has 0 aliphatic rings. The van der Waals surface area contributed by atoms with Crippen LogP contribution in [0.4, 0.5) is 0 Å². The summed E-state index contributed by atoms with van der Waals surface area (Å²) in [5, 5.41) is 12.7. The zero-order valence-electron chi connectivity index (χ0n) is 9.16. The molecule has 86 valence electrons. The summed E-state index contributed by atoms with van der Waals surface area (Å²) in [6.07, 6.45) is 2.92.